The van der Waals surface area contributed by atoms with Crippen LogP contribution in [0.1, 0.15) is 39.5 Å². The van der Waals surface area contributed by atoms with Crippen LogP contribution in [0, 0.1) is 6.92 Å². The van der Waals surface area contributed by atoms with Gasteiger partial charge in [0.1, 0.15) is 0 Å². The molecule has 1 amide bonds. The van der Waals surface area contributed by atoms with E-state index in [1.807, 2.05) is 43.1 Å². The number of thiazole rings is 1. The SMILES string of the molecule is CN=C(NCc1cccc(C(=O)NCC2CCCO2)c1)N(C)Cc1csc(C)n1.I. The number of carbonyl (C=O) groups is 1. The summed E-state index contributed by atoms with van der Waals surface area (Å²) in [7, 11) is 3.75. The van der Waals surface area contributed by atoms with E-state index in [9.17, 15) is 4.79 Å². The van der Waals surface area contributed by atoms with E-state index in [0.29, 0.717) is 25.2 Å². The van der Waals surface area contributed by atoms with E-state index in [1.54, 1.807) is 18.4 Å². The van der Waals surface area contributed by atoms with Crippen molar-refractivity contribution in [3.05, 3.63) is 51.5 Å². The van der Waals surface area contributed by atoms with E-state index in [2.05, 4.69) is 26.0 Å². The van der Waals surface area contributed by atoms with E-state index in [4.69, 9.17) is 4.74 Å². The Morgan fingerprint density at radius 3 is 2.90 bits per heavy atom. The molecule has 30 heavy (non-hydrogen) atoms. The zero-order valence-corrected chi connectivity index (χ0v) is 20.8. The maximum absolute atomic E-state index is 12.4. The number of aromatic nitrogens is 1. The first-order valence-corrected chi connectivity index (χ1v) is 10.7. The van der Waals surface area contributed by atoms with Gasteiger partial charge in [-0.1, -0.05) is 12.1 Å². The summed E-state index contributed by atoms with van der Waals surface area (Å²) in [5.41, 5.74) is 2.71. The number of nitrogens with one attached hydrogen (secondary N) is 2. The smallest absolute Gasteiger partial charge is 0.251 e. The second-order valence-corrected chi connectivity index (χ2v) is 8.22. The molecule has 1 aromatic carbocycles. The molecule has 2 aromatic rings. The van der Waals surface area contributed by atoms with Crippen molar-refractivity contribution >= 4 is 47.2 Å². The standard InChI is InChI=1S/C21H29N5O2S.HI/c1-15-25-18(14-29-15)13-26(3)21(22-2)24-11-16-6-4-7-17(10-16)20(27)23-12-19-8-5-9-28-19;/h4,6-7,10,14,19H,5,8-9,11-13H2,1-3H3,(H,22,24)(H,23,27);1H. The molecule has 7 nitrogen and oxygen atoms in total. The minimum Gasteiger partial charge on any atom is -0.376 e. The van der Waals surface area contributed by atoms with Gasteiger partial charge < -0.3 is 20.3 Å². The van der Waals surface area contributed by atoms with Crippen LogP contribution in [0.3, 0.4) is 0 Å². The number of carbonyl (C=O) groups excluding carboxylic acids is 1. The molecule has 0 bridgehead atoms. The van der Waals surface area contributed by atoms with Crippen molar-refractivity contribution in [2.45, 2.75) is 39.0 Å². The lowest BCUT2D eigenvalue weighted by Gasteiger charge is -2.21. The van der Waals surface area contributed by atoms with Crippen LogP contribution in [0.4, 0.5) is 0 Å². The summed E-state index contributed by atoms with van der Waals surface area (Å²) in [4.78, 5) is 23.3. The summed E-state index contributed by atoms with van der Waals surface area (Å²) in [6.07, 6.45) is 2.22. The number of halogens is 1. The third kappa shape index (κ3) is 7.21. The second kappa shape index (κ2) is 12.2. The highest BCUT2D eigenvalue weighted by Crippen LogP contribution is 2.12. The monoisotopic (exact) mass is 543 g/mol. The van der Waals surface area contributed by atoms with Gasteiger partial charge in [-0.3, -0.25) is 9.79 Å². The topological polar surface area (TPSA) is 78.8 Å². The molecule has 0 radical (unpaired) electrons. The van der Waals surface area contributed by atoms with Crippen LogP contribution >= 0.6 is 35.3 Å². The summed E-state index contributed by atoms with van der Waals surface area (Å²) < 4.78 is 5.56. The fourth-order valence-electron chi connectivity index (χ4n) is 3.30. The number of hydrogen-bond donors (Lipinski definition) is 2. The molecule has 0 aliphatic carbocycles. The zero-order chi connectivity index (χ0) is 20.6. The number of guanidine groups is 1. The first-order chi connectivity index (χ1) is 14.0. The lowest BCUT2D eigenvalue weighted by Crippen LogP contribution is -2.38. The first kappa shape index (κ1) is 24.5. The Morgan fingerprint density at radius 2 is 2.23 bits per heavy atom. The highest BCUT2D eigenvalue weighted by molar-refractivity contribution is 14.0. The van der Waals surface area contributed by atoms with Gasteiger partial charge in [0, 0.05) is 44.7 Å². The number of rotatable bonds is 7. The van der Waals surface area contributed by atoms with Gasteiger partial charge in [0.2, 0.25) is 0 Å². The summed E-state index contributed by atoms with van der Waals surface area (Å²) in [6, 6.07) is 7.65. The molecular weight excluding hydrogens is 513 g/mol. The van der Waals surface area contributed by atoms with Gasteiger partial charge in [0.25, 0.3) is 5.91 Å². The molecule has 1 unspecified atom stereocenters. The molecule has 2 N–H and O–H groups in total. The van der Waals surface area contributed by atoms with Crippen molar-refractivity contribution in [3.8, 4) is 0 Å². The molecule has 0 spiro atoms. The molecule has 1 fully saturated rings. The van der Waals surface area contributed by atoms with Crippen LogP contribution in [-0.2, 0) is 17.8 Å². The van der Waals surface area contributed by atoms with E-state index in [0.717, 1.165) is 41.7 Å². The molecular formula is C21H30IN5O2S. The van der Waals surface area contributed by atoms with Gasteiger partial charge in [0.05, 0.1) is 23.4 Å². The molecule has 1 saturated heterocycles. The average molecular weight is 543 g/mol. The number of nitrogens with zero attached hydrogens (tertiary/aromatic N) is 3. The number of aryl methyl sites for hydroxylation is 1. The van der Waals surface area contributed by atoms with E-state index in [1.165, 1.54) is 0 Å². The number of benzene rings is 1. The molecule has 9 heteroatoms. The van der Waals surface area contributed by atoms with E-state index < -0.39 is 0 Å². The predicted molar refractivity (Wildman–Crippen MR) is 132 cm³/mol. The Hall–Kier alpha value is -1.72. The fourth-order valence-corrected chi connectivity index (χ4v) is 3.90. The third-order valence-electron chi connectivity index (χ3n) is 4.79. The highest BCUT2D eigenvalue weighted by atomic mass is 127. The van der Waals surface area contributed by atoms with E-state index in [-0.39, 0.29) is 36.0 Å². The van der Waals surface area contributed by atoms with Crippen LogP contribution in [-0.4, -0.2) is 55.1 Å². The Balaban J connectivity index is 0.00000320. The van der Waals surface area contributed by atoms with Crippen LogP contribution in [0.2, 0.25) is 0 Å². The highest BCUT2D eigenvalue weighted by Gasteiger charge is 2.17. The molecule has 3 rings (SSSR count). The summed E-state index contributed by atoms with van der Waals surface area (Å²) in [5.74, 6) is 0.714. The average Bonchev–Trinajstić information content (AvgIpc) is 3.38. The van der Waals surface area contributed by atoms with Gasteiger partial charge in [-0.2, -0.15) is 0 Å². The summed E-state index contributed by atoms with van der Waals surface area (Å²) >= 11 is 1.65. The van der Waals surface area contributed by atoms with Gasteiger partial charge in [-0.25, -0.2) is 4.98 Å². The van der Waals surface area contributed by atoms with Crippen LogP contribution in [0.25, 0.3) is 0 Å². The van der Waals surface area contributed by atoms with Crippen molar-refractivity contribution in [2.24, 2.45) is 4.99 Å². The quantitative estimate of drug-likeness (QED) is 0.319. The van der Waals surface area contributed by atoms with Gasteiger partial charge in [-0.15, -0.1) is 35.3 Å². The molecule has 1 aliphatic heterocycles. The predicted octanol–water partition coefficient (Wildman–Crippen LogP) is 3.19. The van der Waals surface area contributed by atoms with Gasteiger partial charge >= 0.3 is 0 Å². The normalized spacial score (nSPS) is 16.1. The van der Waals surface area contributed by atoms with Crippen LogP contribution in [0.15, 0.2) is 34.6 Å². The van der Waals surface area contributed by atoms with Gasteiger partial charge in [-0.05, 0) is 37.5 Å². The molecule has 1 atom stereocenters. The number of amides is 1. The van der Waals surface area contributed by atoms with Gasteiger partial charge in [0.15, 0.2) is 5.96 Å². The largest absolute Gasteiger partial charge is 0.376 e. The molecule has 0 saturated carbocycles. The minimum atomic E-state index is -0.0669. The zero-order valence-electron chi connectivity index (χ0n) is 17.7. The minimum absolute atomic E-state index is 0. The van der Waals surface area contributed by atoms with Crippen molar-refractivity contribution in [1.29, 1.82) is 0 Å². The van der Waals surface area contributed by atoms with Crippen molar-refractivity contribution in [1.82, 2.24) is 20.5 Å². The Labute approximate surface area is 199 Å². The maximum Gasteiger partial charge on any atom is 0.251 e. The maximum atomic E-state index is 12.4. The molecule has 2 heterocycles. The second-order valence-electron chi connectivity index (χ2n) is 7.16. The van der Waals surface area contributed by atoms with Crippen molar-refractivity contribution in [3.63, 3.8) is 0 Å². The lowest BCUT2D eigenvalue weighted by atomic mass is 10.1. The Morgan fingerprint density at radius 1 is 1.40 bits per heavy atom. The number of aliphatic imine (C=N–C) groups is 1. The molecule has 1 aliphatic rings. The molecule has 1 aromatic heterocycles. The van der Waals surface area contributed by atoms with Crippen molar-refractivity contribution in [2.75, 3.05) is 27.2 Å². The molecule has 164 valence electrons. The Kier molecular flexibility index (Phi) is 9.99. The number of ether oxygens (including phenoxy) is 1. The van der Waals surface area contributed by atoms with Crippen molar-refractivity contribution < 1.29 is 9.53 Å². The van der Waals surface area contributed by atoms with E-state index >= 15 is 0 Å². The third-order valence-corrected chi connectivity index (χ3v) is 5.62. The number of hydrogen-bond acceptors (Lipinski definition) is 5. The van der Waals surface area contributed by atoms with Crippen LogP contribution in [0.5, 0.6) is 0 Å². The summed E-state index contributed by atoms with van der Waals surface area (Å²) in [6.45, 7) is 4.63. The Bertz CT molecular complexity index is 851. The fraction of sp³-hybridized carbons (Fsp3) is 0.476. The lowest BCUT2D eigenvalue weighted by molar-refractivity contribution is 0.0857. The summed E-state index contributed by atoms with van der Waals surface area (Å²) in [5, 5.41) is 9.45. The first-order valence-electron chi connectivity index (χ1n) is 9.86. The van der Waals surface area contributed by atoms with Crippen LogP contribution < -0.4 is 10.6 Å².